The van der Waals surface area contributed by atoms with Crippen molar-refractivity contribution in [2.75, 3.05) is 5.32 Å². The van der Waals surface area contributed by atoms with Crippen molar-refractivity contribution in [1.82, 2.24) is 24.7 Å². The standard InChI is InChI=1S/C20H14Cl2N8O9S2/c1-8-6-10(40(34,35)36)3-4-12(8)30-16(31)14(15(29-30)17(32)33)28-27-11-7-9(2-5-13(11)41(37,38)39)23-20-25-18(21)24-19(22)26-20/h2-7,29H,1H3,(H,32,33)(H,34,35,36)(H,37,38,39)(H,23,24,25,26). The van der Waals surface area contributed by atoms with Gasteiger partial charge in [0.05, 0.1) is 10.6 Å². The minimum atomic E-state index is -4.88. The highest BCUT2D eigenvalue weighted by Gasteiger charge is 2.23. The number of rotatable bonds is 8. The molecule has 0 aliphatic carbocycles. The Morgan fingerprint density at radius 1 is 0.976 bits per heavy atom. The van der Waals surface area contributed by atoms with Crippen LogP contribution >= 0.6 is 23.2 Å². The number of nitrogens with one attached hydrogen (secondary N) is 2. The highest BCUT2D eigenvalue weighted by atomic mass is 35.5. The summed E-state index contributed by atoms with van der Waals surface area (Å²) in [5.41, 5.74) is -2.88. The van der Waals surface area contributed by atoms with Crippen molar-refractivity contribution in [3.63, 3.8) is 0 Å². The summed E-state index contributed by atoms with van der Waals surface area (Å²) >= 11 is 11.5. The molecule has 0 atom stereocenters. The highest BCUT2D eigenvalue weighted by molar-refractivity contribution is 7.86. The largest absolute Gasteiger partial charge is 0.476 e. The number of carboxylic acid groups (broad SMARTS) is 1. The lowest BCUT2D eigenvalue weighted by Crippen LogP contribution is -2.15. The van der Waals surface area contributed by atoms with E-state index in [-0.39, 0.29) is 33.5 Å². The molecule has 4 aromatic rings. The molecule has 0 amide bonds. The predicted octanol–water partition coefficient (Wildman–Crippen LogP) is 3.32. The number of hydrogen-bond acceptors (Lipinski definition) is 12. The van der Waals surface area contributed by atoms with E-state index in [9.17, 15) is 40.6 Å². The van der Waals surface area contributed by atoms with E-state index in [0.29, 0.717) is 0 Å². The van der Waals surface area contributed by atoms with Gasteiger partial charge in [-0.05, 0) is 72.1 Å². The topological polar surface area (TPSA) is 259 Å². The summed E-state index contributed by atoms with van der Waals surface area (Å²) in [5, 5.41) is 21.4. The molecule has 41 heavy (non-hydrogen) atoms. The molecule has 2 heterocycles. The second-order valence-corrected chi connectivity index (χ2v) is 11.4. The van der Waals surface area contributed by atoms with Crippen molar-refractivity contribution in [2.24, 2.45) is 10.2 Å². The second-order valence-electron chi connectivity index (χ2n) is 7.88. The smallest absolute Gasteiger partial charge is 0.356 e. The number of hydrogen-bond donors (Lipinski definition) is 5. The molecular formula is C20H14Cl2N8O9S2. The number of halogens is 2. The number of benzene rings is 2. The van der Waals surface area contributed by atoms with Crippen LogP contribution in [0.1, 0.15) is 16.1 Å². The van der Waals surface area contributed by atoms with E-state index < -0.39 is 58.6 Å². The third-order valence-corrected chi connectivity index (χ3v) is 7.21. The van der Waals surface area contributed by atoms with Gasteiger partial charge in [0, 0.05) is 5.69 Å². The van der Waals surface area contributed by atoms with Gasteiger partial charge in [-0.3, -0.25) is 19.0 Å². The average Bonchev–Trinajstić information content (AvgIpc) is 3.17. The maximum Gasteiger partial charge on any atom is 0.356 e. The minimum Gasteiger partial charge on any atom is -0.476 e. The number of H-pyrrole nitrogens is 1. The molecule has 2 aromatic carbocycles. The summed E-state index contributed by atoms with van der Waals surface area (Å²) in [6, 6.07) is 6.35. The molecule has 17 nitrogen and oxygen atoms in total. The second kappa shape index (κ2) is 11.0. The van der Waals surface area contributed by atoms with Crippen molar-refractivity contribution >= 4 is 72.4 Å². The van der Waals surface area contributed by atoms with Crippen molar-refractivity contribution in [1.29, 1.82) is 0 Å². The third kappa shape index (κ3) is 6.56. The number of carbonyl (C=O) groups is 1. The highest BCUT2D eigenvalue weighted by Crippen LogP contribution is 2.31. The van der Waals surface area contributed by atoms with Crippen molar-refractivity contribution in [3.8, 4) is 5.69 Å². The minimum absolute atomic E-state index is 0.00541. The molecule has 5 N–H and O–H groups in total. The van der Waals surface area contributed by atoms with E-state index in [1.165, 1.54) is 13.0 Å². The van der Waals surface area contributed by atoms with E-state index in [0.717, 1.165) is 35.0 Å². The molecule has 4 rings (SSSR count). The fraction of sp³-hybridized carbons (Fsp3) is 0.0500. The van der Waals surface area contributed by atoms with Gasteiger partial charge in [0.1, 0.15) is 10.6 Å². The zero-order chi connectivity index (χ0) is 30.3. The molecule has 0 radical (unpaired) electrons. The van der Waals surface area contributed by atoms with E-state index in [2.05, 4.69) is 35.6 Å². The Morgan fingerprint density at radius 2 is 1.63 bits per heavy atom. The van der Waals surface area contributed by atoms with Crippen LogP contribution in [-0.2, 0) is 20.2 Å². The first kappa shape index (κ1) is 29.7. The summed E-state index contributed by atoms with van der Waals surface area (Å²) < 4.78 is 66.3. The van der Waals surface area contributed by atoms with Crippen LogP contribution in [0.3, 0.4) is 0 Å². The zero-order valence-electron chi connectivity index (χ0n) is 20.0. The lowest BCUT2D eigenvalue weighted by Gasteiger charge is -2.08. The molecule has 0 saturated carbocycles. The zero-order valence-corrected chi connectivity index (χ0v) is 23.2. The van der Waals surface area contributed by atoms with Crippen LogP contribution in [0.5, 0.6) is 0 Å². The molecule has 2 aromatic heterocycles. The van der Waals surface area contributed by atoms with Crippen molar-refractivity contribution in [2.45, 2.75) is 16.7 Å². The number of azo groups is 1. The maximum absolute atomic E-state index is 13.1. The maximum atomic E-state index is 13.1. The summed E-state index contributed by atoms with van der Waals surface area (Å²) in [5.74, 6) is -1.79. The fourth-order valence-electron chi connectivity index (χ4n) is 3.39. The van der Waals surface area contributed by atoms with E-state index in [4.69, 9.17) is 23.2 Å². The first-order valence-corrected chi connectivity index (χ1v) is 14.2. The van der Waals surface area contributed by atoms with Gasteiger partial charge in [0.2, 0.25) is 16.5 Å². The Hall–Kier alpha value is -4.27. The SMILES string of the molecule is Cc1cc(S(=O)(=O)O)ccc1-n1[nH]c(C(=O)O)c(N=Nc2cc(Nc3nc(Cl)nc(Cl)n3)ccc2S(=O)(=O)O)c1=O. The number of aromatic nitrogens is 5. The van der Waals surface area contributed by atoms with Crippen LogP contribution in [-0.4, -0.2) is 61.7 Å². The summed E-state index contributed by atoms with van der Waals surface area (Å²) in [6.07, 6.45) is 0. The molecule has 0 spiro atoms. The first-order valence-electron chi connectivity index (χ1n) is 10.6. The molecule has 0 bridgehead atoms. The summed E-state index contributed by atoms with van der Waals surface area (Å²) in [6.45, 7) is 1.39. The number of aryl methyl sites for hydroxylation is 1. The number of aromatic carboxylic acids is 1. The molecule has 0 fully saturated rings. The molecule has 0 aliphatic heterocycles. The van der Waals surface area contributed by atoms with Gasteiger partial charge in [-0.25, -0.2) is 9.48 Å². The summed E-state index contributed by atoms with van der Waals surface area (Å²) in [7, 11) is -9.44. The molecule has 214 valence electrons. The predicted molar refractivity (Wildman–Crippen MR) is 141 cm³/mol. The number of carboxylic acids is 1. The van der Waals surface area contributed by atoms with Crippen LogP contribution in [0.4, 0.5) is 23.0 Å². The molecule has 0 unspecified atom stereocenters. The molecule has 21 heteroatoms. The van der Waals surface area contributed by atoms with Crippen LogP contribution in [0.25, 0.3) is 5.69 Å². The van der Waals surface area contributed by atoms with E-state index in [1.54, 1.807) is 0 Å². The Balaban J connectivity index is 1.81. The van der Waals surface area contributed by atoms with Crippen molar-refractivity contribution < 1.29 is 35.8 Å². The summed E-state index contributed by atoms with van der Waals surface area (Å²) in [4.78, 5) is 34.9. The van der Waals surface area contributed by atoms with Crippen LogP contribution < -0.4 is 10.9 Å². The Kier molecular flexibility index (Phi) is 7.94. The Bertz CT molecular complexity index is 2010. The van der Waals surface area contributed by atoms with E-state index in [1.807, 2.05) is 0 Å². The fourth-order valence-corrected chi connectivity index (χ4v) is 4.92. The average molecular weight is 645 g/mol. The normalized spacial score (nSPS) is 12.1. The number of anilines is 2. The van der Waals surface area contributed by atoms with Gasteiger partial charge in [-0.2, -0.15) is 31.8 Å². The molecule has 0 aliphatic rings. The number of nitrogens with zero attached hydrogens (tertiary/aromatic N) is 6. The Labute approximate surface area is 239 Å². The van der Waals surface area contributed by atoms with Gasteiger partial charge >= 0.3 is 5.97 Å². The van der Waals surface area contributed by atoms with Gasteiger partial charge in [0.25, 0.3) is 25.8 Å². The third-order valence-electron chi connectivity index (χ3n) is 5.12. The van der Waals surface area contributed by atoms with Gasteiger partial charge in [-0.1, -0.05) is 0 Å². The van der Waals surface area contributed by atoms with E-state index >= 15 is 0 Å². The lowest BCUT2D eigenvalue weighted by molar-refractivity contribution is 0.0690. The van der Waals surface area contributed by atoms with Crippen LogP contribution in [0.2, 0.25) is 10.6 Å². The van der Waals surface area contributed by atoms with Crippen LogP contribution in [0, 0.1) is 6.92 Å². The van der Waals surface area contributed by atoms with Gasteiger partial charge in [-0.15, -0.1) is 10.2 Å². The van der Waals surface area contributed by atoms with Crippen molar-refractivity contribution in [3.05, 3.63) is 68.6 Å². The van der Waals surface area contributed by atoms with Gasteiger partial charge < -0.3 is 10.4 Å². The first-order chi connectivity index (χ1) is 19.0. The number of aromatic amines is 1. The van der Waals surface area contributed by atoms with Crippen LogP contribution in [0.15, 0.2) is 61.2 Å². The van der Waals surface area contributed by atoms with Gasteiger partial charge in [0.15, 0.2) is 11.4 Å². The molecule has 0 saturated heterocycles. The lowest BCUT2D eigenvalue weighted by atomic mass is 10.2. The monoisotopic (exact) mass is 644 g/mol. The Morgan fingerprint density at radius 3 is 2.20 bits per heavy atom. The molecular weight excluding hydrogens is 631 g/mol. The quantitative estimate of drug-likeness (QED) is 0.136.